The molecule has 0 aliphatic carbocycles. The van der Waals surface area contributed by atoms with Crippen LogP contribution in [0.5, 0.6) is 0 Å². The molecule has 1 aliphatic rings. The maximum Gasteiger partial charge on any atom is 0.345 e. The Balaban J connectivity index is 2.71. The lowest BCUT2D eigenvalue weighted by molar-refractivity contribution is 0.111. The molecule has 0 radical (unpaired) electrons. The van der Waals surface area contributed by atoms with Crippen molar-refractivity contribution in [2.45, 2.75) is 6.42 Å². The van der Waals surface area contributed by atoms with E-state index in [4.69, 9.17) is 0 Å². The van der Waals surface area contributed by atoms with Gasteiger partial charge < -0.3 is 9.88 Å². The molecule has 0 aromatic carbocycles. The number of hydrogen-bond donors (Lipinski definition) is 1. The Hall–Kier alpha value is -1.65. The number of anilines is 1. The van der Waals surface area contributed by atoms with Crippen molar-refractivity contribution in [1.82, 2.24) is 9.97 Å². The van der Waals surface area contributed by atoms with Gasteiger partial charge in [-0.05, 0) is 0 Å². The summed E-state index contributed by atoms with van der Waals surface area (Å²) in [7, 11) is 1.87. The molecule has 1 aromatic rings. The van der Waals surface area contributed by atoms with E-state index in [2.05, 4.69) is 9.97 Å². The zero-order valence-electron chi connectivity index (χ0n) is 7.20. The highest BCUT2D eigenvalue weighted by atomic mass is 16.1. The molecule has 1 N–H and O–H groups in total. The minimum absolute atomic E-state index is 0.235. The summed E-state index contributed by atoms with van der Waals surface area (Å²) < 4.78 is 0. The van der Waals surface area contributed by atoms with Gasteiger partial charge in [-0.2, -0.15) is 4.98 Å². The predicted octanol–water partition coefficient (Wildman–Crippen LogP) is -0.425. The summed E-state index contributed by atoms with van der Waals surface area (Å²) in [5.74, 6) is 0. The van der Waals surface area contributed by atoms with Crippen molar-refractivity contribution >= 4 is 12.0 Å². The van der Waals surface area contributed by atoms with Gasteiger partial charge in [0.2, 0.25) is 0 Å². The number of hydrogen-bond acceptors (Lipinski definition) is 4. The third-order valence-corrected chi connectivity index (χ3v) is 2.20. The number of carbonyl (C=O) groups is 1. The van der Waals surface area contributed by atoms with Gasteiger partial charge in [0.25, 0.3) is 0 Å². The first-order valence-electron chi connectivity index (χ1n) is 4.02. The van der Waals surface area contributed by atoms with E-state index >= 15 is 0 Å². The molecule has 13 heavy (non-hydrogen) atoms. The molecule has 0 saturated carbocycles. The molecule has 5 nitrogen and oxygen atoms in total. The number of fused-ring (bicyclic) bond motifs is 1. The number of rotatable bonds is 1. The standard InChI is InChI=1S/C8H9N3O2/c1-11-3-2-5-7(11)6(4-12)10-8(13)9-5/h4H,2-3H2,1H3,(H,9,10,13). The Morgan fingerprint density at radius 2 is 2.38 bits per heavy atom. The van der Waals surface area contributed by atoms with Gasteiger partial charge in [-0.1, -0.05) is 0 Å². The van der Waals surface area contributed by atoms with Crippen LogP contribution in [0.15, 0.2) is 4.79 Å². The normalized spacial score (nSPS) is 14.4. The van der Waals surface area contributed by atoms with Gasteiger partial charge >= 0.3 is 5.69 Å². The first kappa shape index (κ1) is 7.97. The molecule has 0 saturated heterocycles. The highest BCUT2D eigenvalue weighted by Crippen LogP contribution is 2.24. The zero-order chi connectivity index (χ0) is 9.42. The molecular weight excluding hydrogens is 170 g/mol. The van der Waals surface area contributed by atoms with E-state index in [9.17, 15) is 9.59 Å². The highest BCUT2D eigenvalue weighted by molar-refractivity contribution is 5.83. The molecule has 2 rings (SSSR count). The van der Waals surface area contributed by atoms with Gasteiger partial charge in [0, 0.05) is 25.7 Å². The highest BCUT2D eigenvalue weighted by Gasteiger charge is 2.21. The summed E-state index contributed by atoms with van der Waals surface area (Å²) in [4.78, 5) is 29.7. The second-order valence-electron chi connectivity index (χ2n) is 3.04. The molecule has 0 atom stereocenters. The number of nitrogens with zero attached hydrogens (tertiary/aromatic N) is 2. The van der Waals surface area contributed by atoms with Crippen LogP contribution in [0.1, 0.15) is 16.2 Å². The molecule has 1 aromatic heterocycles. The Kier molecular flexibility index (Phi) is 1.65. The lowest BCUT2D eigenvalue weighted by Gasteiger charge is -2.11. The molecule has 0 bridgehead atoms. The summed E-state index contributed by atoms with van der Waals surface area (Å²) >= 11 is 0. The third kappa shape index (κ3) is 1.12. The van der Waals surface area contributed by atoms with Crippen molar-refractivity contribution in [3.63, 3.8) is 0 Å². The van der Waals surface area contributed by atoms with Gasteiger partial charge in [-0.3, -0.25) is 4.79 Å². The van der Waals surface area contributed by atoms with Crippen LogP contribution >= 0.6 is 0 Å². The van der Waals surface area contributed by atoms with Crippen LogP contribution in [-0.2, 0) is 6.42 Å². The fraction of sp³-hybridized carbons (Fsp3) is 0.375. The van der Waals surface area contributed by atoms with Gasteiger partial charge in [-0.25, -0.2) is 4.79 Å². The van der Waals surface area contributed by atoms with E-state index in [-0.39, 0.29) is 5.69 Å². The SMILES string of the molecule is CN1CCc2[nH]c(=O)nc(C=O)c21. The van der Waals surface area contributed by atoms with Crippen LogP contribution in [0.25, 0.3) is 0 Å². The molecule has 0 amide bonds. The van der Waals surface area contributed by atoms with Crippen molar-refractivity contribution in [2.75, 3.05) is 18.5 Å². The topological polar surface area (TPSA) is 66.1 Å². The number of aldehydes is 1. The number of aromatic nitrogens is 2. The molecule has 2 heterocycles. The van der Waals surface area contributed by atoms with Crippen LogP contribution < -0.4 is 10.6 Å². The summed E-state index contributed by atoms with van der Waals surface area (Å²) in [5, 5.41) is 0. The van der Waals surface area contributed by atoms with Gasteiger partial charge in [0.1, 0.15) is 5.69 Å². The first-order chi connectivity index (χ1) is 6.22. The fourth-order valence-electron chi connectivity index (χ4n) is 1.61. The second-order valence-corrected chi connectivity index (χ2v) is 3.04. The lowest BCUT2D eigenvalue weighted by atomic mass is 10.3. The van der Waals surface area contributed by atoms with E-state index in [1.807, 2.05) is 11.9 Å². The van der Waals surface area contributed by atoms with E-state index in [0.717, 1.165) is 24.3 Å². The van der Waals surface area contributed by atoms with E-state index in [1.165, 1.54) is 0 Å². The van der Waals surface area contributed by atoms with Crippen molar-refractivity contribution in [2.24, 2.45) is 0 Å². The number of carbonyl (C=O) groups excluding carboxylic acids is 1. The van der Waals surface area contributed by atoms with Crippen LogP contribution in [-0.4, -0.2) is 29.8 Å². The number of aromatic amines is 1. The molecular formula is C8H9N3O2. The van der Waals surface area contributed by atoms with Gasteiger partial charge in [-0.15, -0.1) is 0 Å². The largest absolute Gasteiger partial charge is 0.371 e. The van der Waals surface area contributed by atoms with Crippen LogP contribution in [0, 0.1) is 0 Å². The molecule has 5 heteroatoms. The third-order valence-electron chi connectivity index (χ3n) is 2.20. The average molecular weight is 179 g/mol. The Morgan fingerprint density at radius 1 is 1.62 bits per heavy atom. The van der Waals surface area contributed by atoms with Crippen molar-refractivity contribution in [3.8, 4) is 0 Å². The van der Waals surface area contributed by atoms with Crippen molar-refractivity contribution in [3.05, 3.63) is 21.9 Å². The van der Waals surface area contributed by atoms with E-state index < -0.39 is 5.69 Å². The Labute approximate surface area is 74.4 Å². The number of H-pyrrole nitrogens is 1. The van der Waals surface area contributed by atoms with Crippen LogP contribution in [0.4, 0.5) is 5.69 Å². The summed E-state index contributed by atoms with van der Waals surface area (Å²) in [6.07, 6.45) is 1.39. The van der Waals surface area contributed by atoms with Crippen molar-refractivity contribution < 1.29 is 4.79 Å². The zero-order valence-corrected chi connectivity index (χ0v) is 7.20. The summed E-state index contributed by atoms with van der Waals surface area (Å²) in [6.45, 7) is 0.817. The van der Waals surface area contributed by atoms with Gasteiger partial charge in [0.05, 0.1) is 5.69 Å². The maximum atomic E-state index is 11.0. The predicted molar refractivity (Wildman–Crippen MR) is 47.2 cm³/mol. The molecule has 68 valence electrons. The minimum atomic E-state index is -0.448. The van der Waals surface area contributed by atoms with E-state index in [1.54, 1.807) is 0 Å². The average Bonchev–Trinajstić information content (AvgIpc) is 2.46. The molecule has 1 aliphatic heterocycles. The molecule has 0 spiro atoms. The summed E-state index contributed by atoms with van der Waals surface area (Å²) in [6, 6.07) is 0. The minimum Gasteiger partial charge on any atom is -0.371 e. The van der Waals surface area contributed by atoms with Crippen molar-refractivity contribution in [1.29, 1.82) is 0 Å². The Bertz CT molecular complexity index is 410. The fourth-order valence-corrected chi connectivity index (χ4v) is 1.61. The number of nitrogens with one attached hydrogen (secondary N) is 1. The summed E-state index contributed by atoms with van der Waals surface area (Å²) in [5.41, 5.74) is 1.36. The first-order valence-corrected chi connectivity index (χ1v) is 4.02. The van der Waals surface area contributed by atoms with E-state index in [0.29, 0.717) is 6.29 Å². The quantitative estimate of drug-likeness (QED) is 0.594. The smallest absolute Gasteiger partial charge is 0.345 e. The van der Waals surface area contributed by atoms with Gasteiger partial charge in [0.15, 0.2) is 6.29 Å². The lowest BCUT2D eigenvalue weighted by Crippen LogP contribution is -2.19. The van der Waals surface area contributed by atoms with Crippen LogP contribution in [0.3, 0.4) is 0 Å². The monoisotopic (exact) mass is 179 g/mol. The van der Waals surface area contributed by atoms with Crippen LogP contribution in [0.2, 0.25) is 0 Å². The molecule has 0 unspecified atom stereocenters. The Morgan fingerprint density at radius 3 is 3.08 bits per heavy atom. The number of likely N-dealkylation sites (N-methyl/N-ethyl adjacent to an activating group) is 1. The molecule has 0 fully saturated rings. The maximum absolute atomic E-state index is 11.0. The second kappa shape index (κ2) is 2.69.